The summed E-state index contributed by atoms with van der Waals surface area (Å²) in [5.74, 6) is 0.631. The van der Waals surface area contributed by atoms with Crippen LogP contribution in [-0.2, 0) is 11.2 Å². The normalized spacial score (nSPS) is 15.5. The first-order valence-electron chi connectivity index (χ1n) is 11.3. The molecule has 0 radical (unpaired) electrons. The maximum absolute atomic E-state index is 13.2. The minimum absolute atomic E-state index is 0.0398. The van der Waals surface area contributed by atoms with Crippen molar-refractivity contribution in [2.75, 3.05) is 37.7 Å². The van der Waals surface area contributed by atoms with Crippen LogP contribution in [0.3, 0.4) is 0 Å². The summed E-state index contributed by atoms with van der Waals surface area (Å²) in [4.78, 5) is 20.7. The van der Waals surface area contributed by atoms with Crippen LogP contribution in [0.2, 0.25) is 10.0 Å². The van der Waals surface area contributed by atoms with Crippen LogP contribution in [0.15, 0.2) is 66.7 Å². The molecule has 0 unspecified atom stereocenters. The molecule has 0 aromatic heterocycles. The SMILES string of the molecule is [C-]#[N+]c1ccc(CC(=O)N2CCN(c3ccc(OCCO)cc3Cl)[C@H](c3ccc(Cl)cc3)C2)cc1. The van der Waals surface area contributed by atoms with Crippen LogP contribution in [0, 0.1) is 6.57 Å². The minimum atomic E-state index is -0.115. The standard InChI is InChI=1S/C27H25Cl2N3O3/c1-30-22-8-2-19(3-9-22)16-27(34)31-12-13-32(26(18-31)20-4-6-21(28)7-5-20)25-11-10-23(17-24(25)29)35-15-14-33/h2-11,17,26,33H,12-16,18H2/t26-/m0/s1. The van der Waals surface area contributed by atoms with E-state index in [1.807, 2.05) is 53.4 Å². The molecule has 4 rings (SSSR count). The van der Waals surface area contributed by atoms with Gasteiger partial charge in [-0.1, -0.05) is 59.6 Å². The fraction of sp³-hybridized carbons (Fsp3) is 0.259. The Kier molecular flexibility index (Phi) is 8.14. The number of benzene rings is 3. The van der Waals surface area contributed by atoms with Gasteiger partial charge in [-0.2, -0.15) is 0 Å². The molecule has 8 heteroatoms. The Morgan fingerprint density at radius 3 is 2.46 bits per heavy atom. The molecule has 3 aromatic rings. The molecular formula is C27H25Cl2N3O3. The van der Waals surface area contributed by atoms with Gasteiger partial charge in [0.2, 0.25) is 5.91 Å². The lowest BCUT2D eigenvalue weighted by molar-refractivity contribution is -0.131. The number of rotatable bonds is 7. The second-order valence-electron chi connectivity index (χ2n) is 8.24. The Morgan fingerprint density at radius 2 is 1.80 bits per heavy atom. The van der Waals surface area contributed by atoms with Gasteiger partial charge in [0, 0.05) is 30.7 Å². The first-order valence-corrected chi connectivity index (χ1v) is 12.0. The molecule has 6 nitrogen and oxygen atoms in total. The van der Waals surface area contributed by atoms with Crippen molar-refractivity contribution in [3.05, 3.63) is 99.3 Å². The molecule has 0 bridgehead atoms. The second kappa shape index (κ2) is 11.5. The summed E-state index contributed by atoms with van der Waals surface area (Å²) in [7, 11) is 0. The van der Waals surface area contributed by atoms with Gasteiger partial charge in [0.05, 0.1) is 36.4 Å². The molecule has 1 amide bonds. The van der Waals surface area contributed by atoms with Crippen LogP contribution in [0.25, 0.3) is 4.85 Å². The van der Waals surface area contributed by atoms with E-state index in [1.54, 1.807) is 18.2 Å². The molecule has 1 saturated heterocycles. The zero-order valence-electron chi connectivity index (χ0n) is 19.0. The highest BCUT2D eigenvalue weighted by molar-refractivity contribution is 6.33. The minimum Gasteiger partial charge on any atom is -0.491 e. The number of aliphatic hydroxyl groups is 1. The predicted molar refractivity (Wildman–Crippen MR) is 139 cm³/mol. The van der Waals surface area contributed by atoms with Crippen molar-refractivity contribution in [2.24, 2.45) is 0 Å². The number of halogens is 2. The summed E-state index contributed by atoms with van der Waals surface area (Å²) >= 11 is 12.8. The number of anilines is 1. The first kappa shape index (κ1) is 24.9. The summed E-state index contributed by atoms with van der Waals surface area (Å²) < 4.78 is 5.49. The Hall–Kier alpha value is -3.24. The molecule has 0 aliphatic carbocycles. The molecule has 1 heterocycles. The van der Waals surface area contributed by atoms with E-state index in [0.717, 1.165) is 16.8 Å². The van der Waals surface area contributed by atoms with Gasteiger partial charge in [0.1, 0.15) is 12.4 Å². The number of carbonyl (C=O) groups is 1. The van der Waals surface area contributed by atoms with Crippen LogP contribution in [0.5, 0.6) is 5.75 Å². The number of carbonyl (C=O) groups excluding carboxylic acids is 1. The highest BCUT2D eigenvalue weighted by Gasteiger charge is 2.32. The number of hydrogen-bond donors (Lipinski definition) is 1. The van der Waals surface area contributed by atoms with Crippen LogP contribution < -0.4 is 9.64 Å². The number of ether oxygens (including phenoxy) is 1. The Labute approximate surface area is 215 Å². The van der Waals surface area contributed by atoms with E-state index in [0.29, 0.717) is 41.1 Å². The van der Waals surface area contributed by atoms with Gasteiger partial charge in [-0.05, 0) is 35.4 Å². The van der Waals surface area contributed by atoms with Crippen molar-refractivity contribution in [3.63, 3.8) is 0 Å². The zero-order chi connectivity index (χ0) is 24.8. The van der Waals surface area contributed by atoms with Gasteiger partial charge in [-0.15, -0.1) is 0 Å². The largest absolute Gasteiger partial charge is 0.491 e. The van der Waals surface area contributed by atoms with E-state index < -0.39 is 0 Å². The highest BCUT2D eigenvalue weighted by atomic mass is 35.5. The summed E-state index contributed by atoms with van der Waals surface area (Å²) in [5.41, 5.74) is 3.33. The van der Waals surface area contributed by atoms with Gasteiger partial charge in [-0.3, -0.25) is 4.79 Å². The van der Waals surface area contributed by atoms with Crippen molar-refractivity contribution in [2.45, 2.75) is 12.5 Å². The summed E-state index contributed by atoms with van der Waals surface area (Å²) in [6.07, 6.45) is 0.281. The molecule has 180 valence electrons. The first-order chi connectivity index (χ1) is 17.0. The van der Waals surface area contributed by atoms with Crippen LogP contribution >= 0.6 is 23.2 Å². The van der Waals surface area contributed by atoms with Crippen molar-refractivity contribution < 1.29 is 14.6 Å². The molecule has 1 aliphatic rings. The average molecular weight is 510 g/mol. The highest BCUT2D eigenvalue weighted by Crippen LogP contribution is 2.37. The quantitative estimate of drug-likeness (QED) is 0.424. The van der Waals surface area contributed by atoms with Crippen molar-refractivity contribution in [3.8, 4) is 5.75 Å². The van der Waals surface area contributed by atoms with Crippen molar-refractivity contribution in [1.29, 1.82) is 0 Å². The molecule has 0 saturated carbocycles. The molecule has 35 heavy (non-hydrogen) atoms. The second-order valence-corrected chi connectivity index (χ2v) is 9.08. The number of amides is 1. The van der Waals surface area contributed by atoms with E-state index in [2.05, 4.69) is 9.74 Å². The van der Waals surface area contributed by atoms with Gasteiger partial charge < -0.3 is 19.6 Å². The smallest absolute Gasteiger partial charge is 0.227 e. The van der Waals surface area contributed by atoms with Crippen molar-refractivity contribution in [1.82, 2.24) is 4.90 Å². The molecular weight excluding hydrogens is 485 g/mol. The third-order valence-electron chi connectivity index (χ3n) is 6.00. The van der Waals surface area contributed by atoms with E-state index in [9.17, 15) is 4.79 Å². The third kappa shape index (κ3) is 6.07. The zero-order valence-corrected chi connectivity index (χ0v) is 20.5. The predicted octanol–water partition coefficient (Wildman–Crippen LogP) is 5.55. The van der Waals surface area contributed by atoms with Crippen LogP contribution in [0.1, 0.15) is 17.2 Å². The molecule has 3 aromatic carbocycles. The number of piperazine rings is 1. The number of nitrogens with zero attached hydrogens (tertiary/aromatic N) is 3. The van der Waals surface area contributed by atoms with E-state index in [4.69, 9.17) is 39.6 Å². The van der Waals surface area contributed by atoms with Crippen LogP contribution in [0.4, 0.5) is 11.4 Å². The maximum Gasteiger partial charge on any atom is 0.227 e. The molecule has 1 aliphatic heterocycles. The van der Waals surface area contributed by atoms with Crippen LogP contribution in [-0.4, -0.2) is 48.8 Å². The van der Waals surface area contributed by atoms with E-state index in [1.165, 1.54) is 0 Å². The van der Waals surface area contributed by atoms with Crippen molar-refractivity contribution >= 4 is 40.5 Å². The van der Waals surface area contributed by atoms with E-state index >= 15 is 0 Å². The maximum atomic E-state index is 13.2. The molecule has 0 spiro atoms. The monoisotopic (exact) mass is 509 g/mol. The topological polar surface area (TPSA) is 57.4 Å². The fourth-order valence-electron chi connectivity index (χ4n) is 4.22. The molecule has 1 N–H and O–H groups in total. The third-order valence-corrected chi connectivity index (χ3v) is 6.55. The lowest BCUT2D eigenvalue weighted by Crippen LogP contribution is -2.51. The molecule has 1 atom stereocenters. The number of aliphatic hydroxyl groups excluding tert-OH is 1. The fourth-order valence-corrected chi connectivity index (χ4v) is 4.62. The lowest BCUT2D eigenvalue weighted by atomic mass is 10.0. The average Bonchev–Trinajstić information content (AvgIpc) is 2.88. The van der Waals surface area contributed by atoms with Gasteiger partial charge in [0.15, 0.2) is 5.69 Å². The Morgan fingerprint density at radius 1 is 1.06 bits per heavy atom. The van der Waals surface area contributed by atoms with Gasteiger partial charge >= 0.3 is 0 Å². The molecule has 1 fully saturated rings. The Balaban J connectivity index is 1.56. The van der Waals surface area contributed by atoms with E-state index in [-0.39, 0.29) is 31.6 Å². The van der Waals surface area contributed by atoms with Gasteiger partial charge in [0.25, 0.3) is 0 Å². The number of hydrogen-bond acceptors (Lipinski definition) is 4. The lowest BCUT2D eigenvalue weighted by Gasteiger charge is -2.43. The van der Waals surface area contributed by atoms with Gasteiger partial charge in [-0.25, -0.2) is 4.85 Å². The summed E-state index contributed by atoms with van der Waals surface area (Å²) in [5, 5.41) is 10.2. The summed E-state index contributed by atoms with van der Waals surface area (Å²) in [6, 6.07) is 20.2. The summed E-state index contributed by atoms with van der Waals surface area (Å²) in [6.45, 7) is 8.88. The Bertz CT molecular complexity index is 1210.